The fourth-order valence-electron chi connectivity index (χ4n) is 2.15. The van der Waals surface area contributed by atoms with Crippen LogP contribution in [0.5, 0.6) is 0 Å². The van der Waals surface area contributed by atoms with E-state index in [9.17, 15) is 4.79 Å². The second-order valence-electron chi connectivity index (χ2n) is 6.85. The molecule has 0 spiro atoms. The molecule has 1 aromatic carbocycles. The molecule has 1 aromatic rings. The molecule has 1 rings (SSSR count). The van der Waals surface area contributed by atoms with Crippen molar-refractivity contribution in [2.75, 3.05) is 6.54 Å². The van der Waals surface area contributed by atoms with Gasteiger partial charge in [0.1, 0.15) is 0 Å². The summed E-state index contributed by atoms with van der Waals surface area (Å²) in [4.78, 5) is 12.1. The lowest BCUT2D eigenvalue weighted by atomic mass is 9.86. The van der Waals surface area contributed by atoms with Crippen molar-refractivity contribution in [1.82, 2.24) is 5.32 Å². The lowest BCUT2D eigenvalue weighted by Crippen LogP contribution is -2.49. The predicted molar refractivity (Wildman–Crippen MR) is 91.7 cm³/mol. The fourth-order valence-corrected chi connectivity index (χ4v) is 2.15. The van der Waals surface area contributed by atoms with Crippen molar-refractivity contribution in [3.05, 3.63) is 35.9 Å². The Bertz CT molecular complexity index is 426. The van der Waals surface area contributed by atoms with Crippen LogP contribution < -0.4 is 11.1 Å². The minimum Gasteiger partial charge on any atom is -0.354 e. The van der Waals surface area contributed by atoms with Crippen LogP contribution in [0.2, 0.25) is 0 Å². The largest absolute Gasteiger partial charge is 0.354 e. The maximum atomic E-state index is 12.1. The molecule has 0 saturated heterocycles. The second kappa shape index (κ2) is 8.40. The summed E-state index contributed by atoms with van der Waals surface area (Å²) in [6.07, 6.45) is 0. The minimum atomic E-state index is -0.480. The molecule has 0 aliphatic carbocycles. The number of hydrogen-bond acceptors (Lipinski definition) is 2. The second-order valence-corrected chi connectivity index (χ2v) is 6.85. The van der Waals surface area contributed by atoms with Crippen LogP contribution in [0.4, 0.5) is 0 Å². The number of benzene rings is 1. The van der Waals surface area contributed by atoms with Crippen molar-refractivity contribution in [3.8, 4) is 0 Å². The maximum Gasteiger partial charge on any atom is 0.237 e. The first-order valence-electron chi connectivity index (χ1n) is 7.31. The number of carbonyl (C=O) groups excluding carboxylic acids is 1. The average molecular weight is 313 g/mol. The maximum absolute atomic E-state index is 12.1. The Morgan fingerprint density at radius 2 is 1.71 bits per heavy atom. The van der Waals surface area contributed by atoms with Gasteiger partial charge >= 0.3 is 0 Å². The first-order chi connectivity index (χ1) is 9.23. The Morgan fingerprint density at radius 3 is 2.14 bits per heavy atom. The Morgan fingerprint density at radius 1 is 1.19 bits per heavy atom. The van der Waals surface area contributed by atoms with Gasteiger partial charge in [-0.1, -0.05) is 65.0 Å². The highest BCUT2D eigenvalue weighted by molar-refractivity contribution is 5.85. The van der Waals surface area contributed by atoms with Gasteiger partial charge in [0.15, 0.2) is 0 Å². The Kier molecular flexibility index (Phi) is 7.98. The number of carbonyl (C=O) groups is 1. The molecule has 0 aliphatic heterocycles. The smallest absolute Gasteiger partial charge is 0.237 e. The van der Waals surface area contributed by atoms with Gasteiger partial charge in [-0.05, 0) is 16.9 Å². The first-order valence-corrected chi connectivity index (χ1v) is 7.31. The van der Waals surface area contributed by atoms with Gasteiger partial charge in [0.05, 0.1) is 6.04 Å². The summed E-state index contributed by atoms with van der Waals surface area (Å²) < 4.78 is 0. The summed E-state index contributed by atoms with van der Waals surface area (Å²) >= 11 is 0. The highest BCUT2D eigenvalue weighted by Crippen LogP contribution is 2.24. The molecule has 3 nitrogen and oxygen atoms in total. The molecular formula is C17H29ClN2O. The number of halogens is 1. The van der Waals surface area contributed by atoms with Crippen LogP contribution in [0.25, 0.3) is 0 Å². The van der Waals surface area contributed by atoms with Crippen molar-refractivity contribution in [2.24, 2.45) is 17.1 Å². The number of amides is 1. The van der Waals surface area contributed by atoms with Gasteiger partial charge in [-0.2, -0.15) is 0 Å². The zero-order valence-electron chi connectivity index (χ0n) is 13.7. The molecule has 0 aromatic heterocycles. The number of nitrogens with one attached hydrogen (secondary N) is 1. The number of hydrogen-bond donors (Lipinski definition) is 2. The quantitative estimate of drug-likeness (QED) is 0.876. The van der Waals surface area contributed by atoms with Crippen LogP contribution in [-0.4, -0.2) is 18.5 Å². The summed E-state index contributed by atoms with van der Waals surface area (Å²) in [5.74, 6) is 0.704. The van der Waals surface area contributed by atoms with Crippen LogP contribution in [0.1, 0.15) is 46.1 Å². The number of rotatable bonds is 5. The van der Waals surface area contributed by atoms with E-state index in [-0.39, 0.29) is 23.7 Å². The zero-order chi connectivity index (χ0) is 15.3. The van der Waals surface area contributed by atoms with Gasteiger partial charge in [0.25, 0.3) is 0 Å². The molecule has 4 heteroatoms. The minimum absolute atomic E-state index is 0. The van der Waals surface area contributed by atoms with Crippen molar-refractivity contribution in [1.29, 1.82) is 0 Å². The molecule has 0 aliphatic rings. The van der Waals surface area contributed by atoms with Crippen LogP contribution in [-0.2, 0) is 4.79 Å². The molecule has 0 fully saturated rings. The van der Waals surface area contributed by atoms with Crippen molar-refractivity contribution >= 4 is 18.3 Å². The number of nitrogens with two attached hydrogens (primary N) is 1. The van der Waals surface area contributed by atoms with Gasteiger partial charge in [-0.25, -0.2) is 0 Å². The van der Waals surface area contributed by atoms with Gasteiger partial charge in [0.2, 0.25) is 5.91 Å². The Balaban J connectivity index is 0.00000400. The zero-order valence-corrected chi connectivity index (χ0v) is 14.5. The van der Waals surface area contributed by atoms with E-state index in [0.717, 1.165) is 0 Å². The van der Waals surface area contributed by atoms with Gasteiger partial charge in [0, 0.05) is 12.5 Å². The van der Waals surface area contributed by atoms with E-state index in [1.54, 1.807) is 0 Å². The fraction of sp³-hybridized carbons (Fsp3) is 0.588. The van der Waals surface area contributed by atoms with E-state index >= 15 is 0 Å². The molecule has 120 valence electrons. The van der Waals surface area contributed by atoms with Gasteiger partial charge in [-0.15, -0.1) is 12.4 Å². The van der Waals surface area contributed by atoms with Gasteiger partial charge < -0.3 is 11.1 Å². The topological polar surface area (TPSA) is 55.1 Å². The first kappa shape index (κ1) is 19.9. The monoisotopic (exact) mass is 312 g/mol. The Labute approximate surface area is 135 Å². The molecule has 3 N–H and O–H groups in total. The van der Waals surface area contributed by atoms with Crippen molar-refractivity contribution in [2.45, 2.75) is 46.6 Å². The van der Waals surface area contributed by atoms with E-state index in [0.29, 0.717) is 18.4 Å². The SMILES string of the molecule is CC(C)C(CNC(=O)[C@@H](N)C(C)(C)C)c1ccccc1.Cl. The third kappa shape index (κ3) is 6.06. The van der Waals surface area contributed by atoms with Crippen LogP contribution >= 0.6 is 12.4 Å². The third-order valence-corrected chi connectivity index (χ3v) is 3.74. The van der Waals surface area contributed by atoms with E-state index in [2.05, 4.69) is 31.3 Å². The third-order valence-electron chi connectivity index (χ3n) is 3.74. The molecular weight excluding hydrogens is 284 g/mol. The molecule has 0 heterocycles. The van der Waals surface area contributed by atoms with Gasteiger partial charge in [-0.3, -0.25) is 4.79 Å². The van der Waals surface area contributed by atoms with E-state index in [1.165, 1.54) is 5.56 Å². The van der Waals surface area contributed by atoms with E-state index < -0.39 is 6.04 Å². The highest BCUT2D eigenvalue weighted by Gasteiger charge is 2.28. The molecule has 1 unspecified atom stereocenters. The van der Waals surface area contributed by atoms with E-state index in [1.807, 2.05) is 39.0 Å². The molecule has 0 bridgehead atoms. The molecule has 2 atom stereocenters. The van der Waals surface area contributed by atoms with Crippen molar-refractivity contribution < 1.29 is 4.79 Å². The van der Waals surface area contributed by atoms with Crippen LogP contribution in [0.3, 0.4) is 0 Å². The Hall–Kier alpha value is -1.06. The molecule has 0 radical (unpaired) electrons. The molecule has 21 heavy (non-hydrogen) atoms. The van der Waals surface area contributed by atoms with E-state index in [4.69, 9.17) is 5.73 Å². The average Bonchev–Trinajstić information content (AvgIpc) is 2.37. The molecule has 1 amide bonds. The lowest BCUT2D eigenvalue weighted by Gasteiger charge is -2.28. The van der Waals surface area contributed by atoms with Crippen molar-refractivity contribution in [3.63, 3.8) is 0 Å². The lowest BCUT2D eigenvalue weighted by molar-refractivity contribution is -0.124. The summed E-state index contributed by atoms with van der Waals surface area (Å²) in [7, 11) is 0. The normalized spacial score (nSPS) is 14.2. The standard InChI is InChI=1S/C17H28N2O.ClH/c1-12(2)14(13-9-7-6-8-10-13)11-19-16(20)15(18)17(3,4)5;/h6-10,12,14-15H,11,18H2,1-5H3,(H,19,20);1H/t14?,15-;/m1./s1. The molecule has 0 saturated carbocycles. The highest BCUT2D eigenvalue weighted by atomic mass is 35.5. The van der Waals surface area contributed by atoms with Crippen LogP contribution in [0, 0.1) is 11.3 Å². The summed E-state index contributed by atoms with van der Waals surface area (Å²) in [5.41, 5.74) is 7.02. The predicted octanol–water partition coefficient (Wildman–Crippen LogP) is 3.34. The summed E-state index contributed by atoms with van der Waals surface area (Å²) in [6, 6.07) is 9.82. The summed E-state index contributed by atoms with van der Waals surface area (Å²) in [5, 5.41) is 3.00. The van der Waals surface area contributed by atoms with Crippen LogP contribution in [0.15, 0.2) is 30.3 Å². The summed E-state index contributed by atoms with van der Waals surface area (Å²) in [6.45, 7) is 10.9.